The van der Waals surface area contributed by atoms with E-state index < -0.39 is 12.1 Å². The highest BCUT2D eigenvalue weighted by molar-refractivity contribution is 5.72. The van der Waals surface area contributed by atoms with E-state index in [9.17, 15) is 4.79 Å². The van der Waals surface area contributed by atoms with Crippen molar-refractivity contribution in [2.45, 2.75) is 44.5 Å². The summed E-state index contributed by atoms with van der Waals surface area (Å²) in [4.78, 5) is 12.7. The maximum Gasteiger partial charge on any atom is 0.332 e. The molecule has 94 valence electrons. The van der Waals surface area contributed by atoms with Crippen LogP contribution in [0.1, 0.15) is 26.2 Å². The molecule has 0 amide bonds. The van der Waals surface area contributed by atoms with Crippen molar-refractivity contribution in [2.75, 3.05) is 20.1 Å². The number of ether oxygens (including phenoxy) is 1. The zero-order valence-corrected chi connectivity index (χ0v) is 9.93. The Balaban J connectivity index is 2.20. The van der Waals surface area contributed by atoms with Gasteiger partial charge >= 0.3 is 5.97 Å². The van der Waals surface area contributed by atoms with E-state index in [0.717, 1.165) is 25.9 Å². The summed E-state index contributed by atoms with van der Waals surface area (Å²) in [6, 6.07) is 0. The molecule has 0 spiro atoms. The molecule has 2 N–H and O–H groups in total. The Labute approximate surface area is 96.0 Å². The van der Waals surface area contributed by atoms with Crippen LogP contribution in [0.2, 0.25) is 0 Å². The molecular weight excluding hydrogens is 210 g/mol. The van der Waals surface area contributed by atoms with Crippen molar-refractivity contribution < 1.29 is 19.7 Å². The molecule has 1 heterocycles. The van der Waals surface area contributed by atoms with Crippen molar-refractivity contribution in [1.29, 1.82) is 0 Å². The molecule has 16 heavy (non-hydrogen) atoms. The minimum absolute atomic E-state index is 0.0140. The van der Waals surface area contributed by atoms with Gasteiger partial charge in [-0.25, -0.2) is 4.79 Å². The zero-order valence-electron chi connectivity index (χ0n) is 9.93. The fourth-order valence-corrected chi connectivity index (χ4v) is 1.87. The molecule has 1 saturated heterocycles. The van der Waals surface area contributed by atoms with E-state index >= 15 is 0 Å². The monoisotopic (exact) mass is 231 g/mol. The van der Waals surface area contributed by atoms with E-state index in [1.165, 1.54) is 0 Å². The van der Waals surface area contributed by atoms with Crippen LogP contribution in [0.3, 0.4) is 0 Å². The number of aliphatic hydroxyl groups excluding tert-OH is 1. The van der Waals surface area contributed by atoms with E-state index in [0.29, 0.717) is 6.42 Å². The van der Waals surface area contributed by atoms with Gasteiger partial charge in [0.05, 0.1) is 12.2 Å². The number of nitrogens with zero attached hydrogens (tertiary/aromatic N) is 1. The minimum atomic E-state index is -0.867. The van der Waals surface area contributed by atoms with Crippen molar-refractivity contribution in [3.8, 4) is 0 Å². The first kappa shape index (κ1) is 13.4. The molecular formula is C11H21NO4. The van der Waals surface area contributed by atoms with Crippen LogP contribution in [-0.4, -0.2) is 59.5 Å². The van der Waals surface area contributed by atoms with Crippen LogP contribution in [0.5, 0.6) is 0 Å². The van der Waals surface area contributed by atoms with Crippen LogP contribution in [-0.2, 0) is 9.53 Å². The maximum atomic E-state index is 10.7. The van der Waals surface area contributed by atoms with Gasteiger partial charge in [-0.2, -0.15) is 0 Å². The van der Waals surface area contributed by atoms with Crippen molar-refractivity contribution in [3.63, 3.8) is 0 Å². The smallest absolute Gasteiger partial charge is 0.332 e. The molecule has 0 saturated carbocycles. The van der Waals surface area contributed by atoms with E-state index in [2.05, 4.69) is 4.90 Å². The Morgan fingerprint density at radius 1 is 1.56 bits per heavy atom. The van der Waals surface area contributed by atoms with Gasteiger partial charge in [-0.1, -0.05) is 0 Å². The van der Waals surface area contributed by atoms with Crippen molar-refractivity contribution >= 4 is 5.97 Å². The van der Waals surface area contributed by atoms with Gasteiger partial charge in [0.2, 0.25) is 0 Å². The van der Waals surface area contributed by atoms with Crippen molar-refractivity contribution in [1.82, 2.24) is 4.90 Å². The highest BCUT2D eigenvalue weighted by Crippen LogP contribution is 2.20. The lowest BCUT2D eigenvalue weighted by Gasteiger charge is -2.21. The molecule has 1 rings (SSSR count). The summed E-state index contributed by atoms with van der Waals surface area (Å²) in [5, 5.41) is 17.9. The highest BCUT2D eigenvalue weighted by Gasteiger charge is 2.30. The Bertz CT molecular complexity index is 232. The van der Waals surface area contributed by atoms with Crippen LogP contribution in [0.15, 0.2) is 0 Å². The molecule has 5 nitrogen and oxygen atoms in total. The Hall–Kier alpha value is -0.650. The zero-order chi connectivity index (χ0) is 12.1. The van der Waals surface area contributed by atoms with Crippen LogP contribution in [0, 0.1) is 0 Å². The summed E-state index contributed by atoms with van der Waals surface area (Å²) >= 11 is 0. The highest BCUT2D eigenvalue weighted by atomic mass is 16.5. The molecule has 0 bridgehead atoms. The Morgan fingerprint density at radius 2 is 2.25 bits per heavy atom. The van der Waals surface area contributed by atoms with Gasteiger partial charge in [-0.05, 0) is 33.2 Å². The number of hydrogen-bond donors (Lipinski definition) is 2. The van der Waals surface area contributed by atoms with Crippen LogP contribution in [0.4, 0.5) is 0 Å². The first-order chi connectivity index (χ1) is 7.49. The van der Waals surface area contributed by atoms with Gasteiger partial charge in [0, 0.05) is 13.1 Å². The molecule has 0 aliphatic carbocycles. The molecule has 0 aromatic heterocycles. The number of carboxylic acid groups (broad SMARTS) is 1. The van der Waals surface area contributed by atoms with E-state index in [1.807, 2.05) is 7.05 Å². The average molecular weight is 231 g/mol. The number of likely N-dealkylation sites (N-methyl/N-ethyl adjacent to an activating group) is 1. The number of rotatable bonds is 6. The summed E-state index contributed by atoms with van der Waals surface area (Å²) in [5.41, 5.74) is 0. The van der Waals surface area contributed by atoms with E-state index in [4.69, 9.17) is 14.9 Å². The van der Waals surface area contributed by atoms with Crippen LogP contribution in [0.25, 0.3) is 0 Å². The average Bonchev–Trinajstić information content (AvgIpc) is 2.63. The molecule has 3 unspecified atom stereocenters. The Kier molecular flexibility index (Phi) is 5.18. The van der Waals surface area contributed by atoms with Gasteiger partial charge in [0.15, 0.2) is 6.10 Å². The second kappa shape index (κ2) is 6.18. The minimum Gasteiger partial charge on any atom is -0.479 e. The molecule has 1 fully saturated rings. The lowest BCUT2D eigenvalue weighted by molar-refractivity contribution is -0.149. The van der Waals surface area contributed by atoms with Gasteiger partial charge in [0.1, 0.15) is 0 Å². The summed E-state index contributed by atoms with van der Waals surface area (Å²) in [7, 11) is 1.96. The molecule has 5 heteroatoms. The molecule has 1 aliphatic rings. The molecule has 3 atom stereocenters. The quantitative estimate of drug-likeness (QED) is 0.689. The van der Waals surface area contributed by atoms with Gasteiger partial charge in [0.25, 0.3) is 0 Å². The van der Waals surface area contributed by atoms with Gasteiger partial charge < -0.3 is 19.8 Å². The third kappa shape index (κ3) is 4.47. The fourth-order valence-electron chi connectivity index (χ4n) is 1.87. The number of carboxylic acids is 1. The molecule has 0 aromatic carbocycles. The topological polar surface area (TPSA) is 70.0 Å². The maximum absolute atomic E-state index is 10.7. The number of aliphatic carboxylic acids is 1. The summed E-state index contributed by atoms with van der Waals surface area (Å²) < 4.78 is 5.40. The normalized spacial score (nSPS) is 27.2. The summed E-state index contributed by atoms with van der Waals surface area (Å²) in [6.45, 7) is 3.30. The molecule has 0 radical (unpaired) electrons. The first-order valence-corrected chi connectivity index (χ1v) is 5.74. The fraction of sp³-hybridized carbons (Fsp3) is 0.909. The van der Waals surface area contributed by atoms with E-state index in [-0.39, 0.29) is 12.2 Å². The summed E-state index contributed by atoms with van der Waals surface area (Å²) in [6.07, 6.45) is 1.22. The largest absolute Gasteiger partial charge is 0.479 e. The van der Waals surface area contributed by atoms with E-state index in [1.54, 1.807) is 6.92 Å². The lowest BCUT2D eigenvalue weighted by Crippen LogP contribution is -2.32. The van der Waals surface area contributed by atoms with Gasteiger partial charge in [-0.3, -0.25) is 0 Å². The third-order valence-corrected chi connectivity index (χ3v) is 2.83. The first-order valence-electron chi connectivity index (χ1n) is 5.74. The number of hydrogen-bond acceptors (Lipinski definition) is 4. The number of carbonyl (C=O) groups is 1. The molecule has 1 aliphatic heterocycles. The van der Waals surface area contributed by atoms with Crippen molar-refractivity contribution in [2.24, 2.45) is 0 Å². The third-order valence-electron chi connectivity index (χ3n) is 2.83. The van der Waals surface area contributed by atoms with Crippen LogP contribution < -0.4 is 0 Å². The standard InChI is InChI=1S/C11H21NO4/c1-8(13)5-6-12(2)7-9-3-4-10(16-9)11(14)15/h8-10,13H,3-7H2,1-2H3,(H,14,15). The Morgan fingerprint density at radius 3 is 2.75 bits per heavy atom. The predicted octanol–water partition coefficient (Wildman–Crippen LogP) is 0.321. The van der Waals surface area contributed by atoms with Gasteiger partial charge in [-0.15, -0.1) is 0 Å². The second-order valence-corrected chi connectivity index (χ2v) is 4.56. The SMILES string of the molecule is CC(O)CCN(C)CC1CCC(C(=O)O)O1. The second-order valence-electron chi connectivity index (χ2n) is 4.56. The van der Waals surface area contributed by atoms with Crippen LogP contribution >= 0.6 is 0 Å². The predicted molar refractivity (Wildman–Crippen MR) is 59.3 cm³/mol. The van der Waals surface area contributed by atoms with Crippen molar-refractivity contribution in [3.05, 3.63) is 0 Å². The number of aliphatic hydroxyl groups is 1. The molecule has 0 aromatic rings. The lowest BCUT2D eigenvalue weighted by atomic mass is 10.2. The summed E-state index contributed by atoms with van der Waals surface area (Å²) in [5.74, 6) is -0.867.